The first kappa shape index (κ1) is 13.9. The van der Waals surface area contributed by atoms with Crippen molar-refractivity contribution >= 4 is 11.7 Å². The van der Waals surface area contributed by atoms with Crippen molar-refractivity contribution in [2.24, 2.45) is 0 Å². The van der Waals surface area contributed by atoms with Gasteiger partial charge in [-0.15, -0.1) is 0 Å². The first-order chi connectivity index (χ1) is 9.20. The number of aliphatic carboxylic acids is 1. The van der Waals surface area contributed by atoms with Crippen molar-refractivity contribution in [3.05, 3.63) is 30.3 Å². The van der Waals surface area contributed by atoms with Crippen molar-refractivity contribution < 1.29 is 14.6 Å². The molecule has 0 amide bonds. The van der Waals surface area contributed by atoms with Gasteiger partial charge >= 0.3 is 5.97 Å². The molecule has 1 N–H and O–H groups in total. The van der Waals surface area contributed by atoms with E-state index < -0.39 is 5.97 Å². The first-order valence-corrected chi connectivity index (χ1v) is 6.85. The van der Waals surface area contributed by atoms with Gasteiger partial charge in [0.05, 0.1) is 12.5 Å². The Kier molecular flexibility index (Phi) is 4.80. The maximum absolute atomic E-state index is 10.8. The number of carboxylic acids is 1. The third-order valence-corrected chi connectivity index (χ3v) is 3.57. The summed E-state index contributed by atoms with van der Waals surface area (Å²) in [6.07, 6.45) is 2.49. The topological polar surface area (TPSA) is 49.8 Å². The van der Waals surface area contributed by atoms with E-state index in [4.69, 9.17) is 9.84 Å². The van der Waals surface area contributed by atoms with Gasteiger partial charge < -0.3 is 14.7 Å². The van der Waals surface area contributed by atoms with E-state index in [1.54, 1.807) is 0 Å². The third kappa shape index (κ3) is 3.70. The summed E-state index contributed by atoms with van der Waals surface area (Å²) in [5.74, 6) is -0.749. The zero-order valence-corrected chi connectivity index (χ0v) is 11.3. The van der Waals surface area contributed by atoms with Crippen molar-refractivity contribution in [2.45, 2.75) is 38.3 Å². The van der Waals surface area contributed by atoms with Gasteiger partial charge in [0.25, 0.3) is 0 Å². The molecule has 104 valence electrons. The first-order valence-electron chi connectivity index (χ1n) is 6.85. The third-order valence-electron chi connectivity index (χ3n) is 3.57. The highest BCUT2D eigenvalue weighted by molar-refractivity contribution is 5.67. The van der Waals surface area contributed by atoms with Crippen molar-refractivity contribution in [1.82, 2.24) is 0 Å². The highest BCUT2D eigenvalue weighted by atomic mass is 16.5. The average Bonchev–Trinajstić information content (AvgIpc) is 2.36. The number of benzene rings is 1. The van der Waals surface area contributed by atoms with Crippen molar-refractivity contribution in [3.8, 4) is 0 Å². The largest absolute Gasteiger partial charge is 0.481 e. The number of anilines is 1. The van der Waals surface area contributed by atoms with Crippen LogP contribution in [-0.2, 0) is 9.53 Å². The average molecular weight is 263 g/mol. The summed E-state index contributed by atoms with van der Waals surface area (Å²) in [6.45, 7) is 3.31. The van der Waals surface area contributed by atoms with Crippen LogP contribution in [-0.4, -0.2) is 36.4 Å². The second-order valence-electron chi connectivity index (χ2n) is 4.88. The molecule has 1 fully saturated rings. The molecule has 0 bridgehead atoms. The Labute approximate surface area is 114 Å². The normalized spacial score (nSPS) is 21.7. The van der Waals surface area contributed by atoms with E-state index in [2.05, 4.69) is 4.90 Å². The monoisotopic (exact) mass is 263 g/mol. The fourth-order valence-corrected chi connectivity index (χ4v) is 2.52. The summed E-state index contributed by atoms with van der Waals surface area (Å²) in [6, 6.07) is 10.4. The Morgan fingerprint density at radius 1 is 1.37 bits per heavy atom. The molecule has 0 aliphatic heterocycles. The number of carbonyl (C=O) groups is 1. The van der Waals surface area contributed by atoms with E-state index in [-0.39, 0.29) is 6.42 Å². The Bertz CT molecular complexity index is 401. The Morgan fingerprint density at radius 2 is 2.05 bits per heavy atom. The molecule has 0 saturated heterocycles. The zero-order valence-electron chi connectivity index (χ0n) is 11.3. The van der Waals surface area contributed by atoms with Crippen LogP contribution in [0.1, 0.15) is 26.2 Å². The van der Waals surface area contributed by atoms with E-state index in [1.165, 1.54) is 0 Å². The molecule has 0 atom stereocenters. The van der Waals surface area contributed by atoms with Gasteiger partial charge in [-0.2, -0.15) is 0 Å². The highest BCUT2D eigenvalue weighted by Crippen LogP contribution is 2.31. The van der Waals surface area contributed by atoms with Crippen LogP contribution < -0.4 is 4.90 Å². The van der Waals surface area contributed by atoms with Gasteiger partial charge in [-0.05, 0) is 31.9 Å². The summed E-state index contributed by atoms with van der Waals surface area (Å²) in [7, 11) is 0. The second kappa shape index (κ2) is 6.57. The number of hydrogen-bond donors (Lipinski definition) is 1. The molecule has 0 radical (unpaired) electrons. The molecule has 1 aromatic carbocycles. The van der Waals surface area contributed by atoms with Gasteiger partial charge in [0.2, 0.25) is 0 Å². The van der Waals surface area contributed by atoms with Gasteiger partial charge in [-0.3, -0.25) is 4.79 Å². The maximum Gasteiger partial charge on any atom is 0.305 e. The lowest BCUT2D eigenvalue weighted by Crippen LogP contribution is -2.49. The van der Waals surface area contributed by atoms with Crippen LogP contribution in [0.3, 0.4) is 0 Å². The van der Waals surface area contributed by atoms with E-state index in [9.17, 15) is 4.79 Å². The maximum atomic E-state index is 10.8. The number of carboxylic acid groups (broad SMARTS) is 1. The van der Waals surface area contributed by atoms with E-state index in [0.29, 0.717) is 18.7 Å². The minimum atomic E-state index is -0.749. The van der Waals surface area contributed by atoms with Crippen LogP contribution in [0.2, 0.25) is 0 Å². The number of para-hydroxylation sites is 1. The molecule has 1 aliphatic rings. The second-order valence-corrected chi connectivity index (χ2v) is 4.88. The van der Waals surface area contributed by atoms with Crippen molar-refractivity contribution in [2.75, 3.05) is 18.1 Å². The lowest BCUT2D eigenvalue weighted by molar-refractivity contribution is -0.136. The Hall–Kier alpha value is -1.55. The number of ether oxygens (including phenoxy) is 1. The SMILES string of the molecule is CCOC1CC(N(CCC(=O)O)c2ccccc2)C1. The van der Waals surface area contributed by atoms with Gasteiger partial charge in [0, 0.05) is 24.9 Å². The van der Waals surface area contributed by atoms with Crippen LogP contribution in [0.5, 0.6) is 0 Å². The van der Waals surface area contributed by atoms with Crippen LogP contribution in [0.4, 0.5) is 5.69 Å². The molecule has 4 heteroatoms. The Balaban J connectivity index is 1.98. The van der Waals surface area contributed by atoms with Gasteiger partial charge in [0.1, 0.15) is 0 Å². The van der Waals surface area contributed by atoms with Crippen LogP contribution in [0.15, 0.2) is 30.3 Å². The molecule has 19 heavy (non-hydrogen) atoms. The summed E-state index contributed by atoms with van der Waals surface area (Å²) >= 11 is 0. The predicted octanol–water partition coefficient (Wildman–Crippen LogP) is 2.54. The standard InChI is InChI=1S/C15H21NO3/c1-2-19-14-10-13(11-14)16(9-8-15(17)18)12-6-4-3-5-7-12/h3-7,13-14H,2,8-11H2,1H3,(H,17,18). The summed E-state index contributed by atoms with van der Waals surface area (Å²) in [5.41, 5.74) is 1.10. The molecule has 0 aromatic heterocycles. The molecular weight excluding hydrogens is 242 g/mol. The van der Waals surface area contributed by atoms with Gasteiger partial charge in [-0.1, -0.05) is 18.2 Å². The summed E-state index contributed by atoms with van der Waals surface area (Å²) in [4.78, 5) is 13.0. The summed E-state index contributed by atoms with van der Waals surface area (Å²) in [5, 5.41) is 8.87. The minimum Gasteiger partial charge on any atom is -0.481 e. The highest BCUT2D eigenvalue weighted by Gasteiger charge is 2.34. The van der Waals surface area contributed by atoms with E-state index in [1.807, 2.05) is 37.3 Å². The number of rotatable bonds is 7. The Morgan fingerprint density at radius 3 is 2.63 bits per heavy atom. The van der Waals surface area contributed by atoms with Gasteiger partial charge in [0.15, 0.2) is 0 Å². The van der Waals surface area contributed by atoms with Crippen LogP contribution >= 0.6 is 0 Å². The fraction of sp³-hybridized carbons (Fsp3) is 0.533. The lowest BCUT2D eigenvalue weighted by atomic mass is 9.87. The zero-order chi connectivity index (χ0) is 13.7. The van der Waals surface area contributed by atoms with Crippen LogP contribution in [0, 0.1) is 0 Å². The molecule has 4 nitrogen and oxygen atoms in total. The molecule has 1 aliphatic carbocycles. The minimum absolute atomic E-state index is 0.171. The number of hydrogen-bond acceptors (Lipinski definition) is 3. The molecular formula is C15H21NO3. The molecule has 0 unspecified atom stereocenters. The smallest absolute Gasteiger partial charge is 0.305 e. The van der Waals surface area contributed by atoms with Gasteiger partial charge in [-0.25, -0.2) is 0 Å². The number of nitrogens with zero attached hydrogens (tertiary/aromatic N) is 1. The lowest BCUT2D eigenvalue weighted by Gasteiger charge is -2.43. The van der Waals surface area contributed by atoms with E-state index >= 15 is 0 Å². The molecule has 1 saturated carbocycles. The van der Waals surface area contributed by atoms with Crippen LogP contribution in [0.25, 0.3) is 0 Å². The molecule has 1 aromatic rings. The fourth-order valence-electron chi connectivity index (χ4n) is 2.52. The summed E-state index contributed by atoms with van der Waals surface area (Å²) < 4.78 is 5.58. The quantitative estimate of drug-likeness (QED) is 0.821. The van der Waals surface area contributed by atoms with E-state index in [0.717, 1.165) is 25.1 Å². The molecule has 0 heterocycles. The predicted molar refractivity (Wildman–Crippen MR) is 74.5 cm³/mol. The van der Waals surface area contributed by atoms with Crippen molar-refractivity contribution in [1.29, 1.82) is 0 Å². The van der Waals surface area contributed by atoms with Crippen molar-refractivity contribution in [3.63, 3.8) is 0 Å². The molecule has 2 rings (SSSR count). The molecule has 0 spiro atoms.